The van der Waals surface area contributed by atoms with Crippen molar-refractivity contribution in [3.05, 3.63) is 29.6 Å². The molecular weight excluding hydrogens is 290 g/mol. The molecule has 2 rings (SSSR count). The molecule has 0 spiro atoms. The summed E-state index contributed by atoms with van der Waals surface area (Å²) in [5, 5.41) is 0. The van der Waals surface area contributed by atoms with Crippen LogP contribution in [0.5, 0.6) is 0 Å². The quantitative estimate of drug-likeness (QED) is 0.866. The molecule has 0 bridgehead atoms. The highest BCUT2D eigenvalue weighted by Crippen LogP contribution is 2.35. The number of rotatable bonds is 3. The SMILES string of the molecule is CSC1(C(N)=S)CCN(C(=O)c2ccc(C)nc2)CC1. The largest absolute Gasteiger partial charge is 0.392 e. The molecule has 1 amide bonds. The van der Waals surface area contributed by atoms with E-state index >= 15 is 0 Å². The Bertz CT molecular complexity index is 508. The molecule has 1 aromatic rings. The van der Waals surface area contributed by atoms with Gasteiger partial charge >= 0.3 is 0 Å². The topological polar surface area (TPSA) is 59.2 Å². The van der Waals surface area contributed by atoms with Gasteiger partial charge in [-0.2, -0.15) is 11.8 Å². The van der Waals surface area contributed by atoms with Crippen LogP contribution in [0.15, 0.2) is 18.3 Å². The number of nitrogens with two attached hydrogens (primary N) is 1. The van der Waals surface area contributed by atoms with Crippen molar-refractivity contribution in [2.45, 2.75) is 24.5 Å². The lowest BCUT2D eigenvalue weighted by molar-refractivity contribution is 0.0718. The summed E-state index contributed by atoms with van der Waals surface area (Å²) in [6.45, 7) is 3.28. The second-order valence-electron chi connectivity index (χ2n) is 5.04. The number of aromatic nitrogens is 1. The second kappa shape index (κ2) is 6.10. The van der Waals surface area contributed by atoms with Gasteiger partial charge in [0.25, 0.3) is 5.91 Å². The van der Waals surface area contributed by atoms with Crippen LogP contribution in [0.25, 0.3) is 0 Å². The molecule has 20 heavy (non-hydrogen) atoms. The molecule has 0 radical (unpaired) electrons. The maximum Gasteiger partial charge on any atom is 0.255 e. The number of aryl methyl sites for hydroxylation is 1. The molecule has 1 aliphatic rings. The highest BCUT2D eigenvalue weighted by Gasteiger charge is 2.37. The van der Waals surface area contributed by atoms with Gasteiger partial charge in [0.1, 0.15) is 0 Å². The number of hydrogen-bond acceptors (Lipinski definition) is 4. The molecule has 2 N–H and O–H groups in total. The fraction of sp³-hybridized carbons (Fsp3) is 0.500. The van der Waals surface area contributed by atoms with E-state index in [1.54, 1.807) is 18.0 Å². The molecule has 108 valence electrons. The molecule has 4 nitrogen and oxygen atoms in total. The predicted octanol–water partition coefficient (Wildman–Crippen LogP) is 2.01. The molecule has 1 saturated heterocycles. The van der Waals surface area contributed by atoms with Crippen LogP contribution in [-0.4, -0.2) is 44.9 Å². The fourth-order valence-corrected chi connectivity index (χ4v) is 3.65. The zero-order valence-electron chi connectivity index (χ0n) is 11.8. The average Bonchev–Trinajstić information content (AvgIpc) is 2.47. The molecule has 0 atom stereocenters. The van der Waals surface area contributed by atoms with E-state index in [1.807, 2.05) is 30.2 Å². The van der Waals surface area contributed by atoms with Gasteiger partial charge in [0, 0.05) is 25.0 Å². The van der Waals surface area contributed by atoms with Crippen molar-refractivity contribution < 1.29 is 4.79 Å². The lowest BCUT2D eigenvalue weighted by atomic mass is 9.95. The summed E-state index contributed by atoms with van der Waals surface area (Å²) in [7, 11) is 0. The van der Waals surface area contributed by atoms with E-state index in [4.69, 9.17) is 18.0 Å². The minimum atomic E-state index is -0.155. The first-order chi connectivity index (χ1) is 9.48. The van der Waals surface area contributed by atoms with Crippen LogP contribution in [0.4, 0.5) is 0 Å². The Labute approximate surface area is 129 Å². The molecule has 0 aliphatic carbocycles. The second-order valence-corrected chi connectivity index (χ2v) is 6.67. The molecule has 2 heterocycles. The molecular formula is C14H19N3OS2. The Morgan fingerprint density at radius 2 is 2.10 bits per heavy atom. The predicted molar refractivity (Wildman–Crippen MR) is 87.1 cm³/mol. The Morgan fingerprint density at radius 3 is 2.55 bits per heavy atom. The Balaban J connectivity index is 2.05. The van der Waals surface area contributed by atoms with Crippen molar-refractivity contribution >= 4 is 34.9 Å². The van der Waals surface area contributed by atoms with Gasteiger partial charge in [-0.15, -0.1) is 0 Å². The lowest BCUT2D eigenvalue weighted by Crippen LogP contribution is -2.50. The first-order valence-corrected chi connectivity index (χ1v) is 8.19. The van der Waals surface area contributed by atoms with E-state index in [-0.39, 0.29) is 10.7 Å². The van der Waals surface area contributed by atoms with E-state index in [0.717, 1.165) is 18.5 Å². The molecule has 0 aromatic carbocycles. The van der Waals surface area contributed by atoms with Crippen molar-refractivity contribution in [3.8, 4) is 0 Å². The van der Waals surface area contributed by atoms with Gasteiger partial charge in [-0.25, -0.2) is 0 Å². The number of hydrogen-bond donors (Lipinski definition) is 1. The summed E-state index contributed by atoms with van der Waals surface area (Å²) in [6.07, 6.45) is 5.30. The van der Waals surface area contributed by atoms with E-state index in [0.29, 0.717) is 23.6 Å². The summed E-state index contributed by atoms with van der Waals surface area (Å²) >= 11 is 6.88. The summed E-state index contributed by atoms with van der Waals surface area (Å²) in [5.41, 5.74) is 7.41. The maximum absolute atomic E-state index is 12.4. The zero-order valence-corrected chi connectivity index (χ0v) is 13.4. The first kappa shape index (κ1) is 15.3. The Hall–Kier alpha value is -1.14. The summed E-state index contributed by atoms with van der Waals surface area (Å²) < 4.78 is -0.155. The van der Waals surface area contributed by atoms with Crippen molar-refractivity contribution in [2.75, 3.05) is 19.3 Å². The van der Waals surface area contributed by atoms with Crippen LogP contribution in [0.1, 0.15) is 28.9 Å². The van der Waals surface area contributed by atoms with Crippen LogP contribution in [0, 0.1) is 6.92 Å². The highest BCUT2D eigenvalue weighted by molar-refractivity contribution is 8.02. The molecule has 1 aliphatic heterocycles. The molecule has 6 heteroatoms. The third-order valence-corrected chi connectivity index (χ3v) is 5.79. The van der Waals surface area contributed by atoms with Gasteiger partial charge in [0.2, 0.25) is 0 Å². The van der Waals surface area contributed by atoms with Crippen molar-refractivity contribution in [1.29, 1.82) is 0 Å². The number of nitrogens with zero attached hydrogens (tertiary/aromatic N) is 2. The minimum Gasteiger partial charge on any atom is -0.392 e. The molecule has 1 fully saturated rings. The van der Waals surface area contributed by atoms with Crippen molar-refractivity contribution in [2.24, 2.45) is 5.73 Å². The summed E-state index contributed by atoms with van der Waals surface area (Å²) in [4.78, 5) is 19.0. The molecule has 0 unspecified atom stereocenters. The summed E-state index contributed by atoms with van der Waals surface area (Å²) in [6, 6.07) is 3.69. The normalized spacial score (nSPS) is 17.8. The number of likely N-dealkylation sites (tertiary alicyclic amines) is 1. The molecule has 1 aromatic heterocycles. The van der Waals surface area contributed by atoms with E-state index in [9.17, 15) is 4.79 Å². The minimum absolute atomic E-state index is 0.0372. The van der Waals surface area contributed by atoms with E-state index < -0.39 is 0 Å². The number of thioether (sulfide) groups is 1. The highest BCUT2D eigenvalue weighted by atomic mass is 32.2. The number of amides is 1. The first-order valence-electron chi connectivity index (χ1n) is 6.55. The zero-order chi connectivity index (χ0) is 14.8. The number of pyridine rings is 1. The summed E-state index contributed by atoms with van der Waals surface area (Å²) in [5.74, 6) is 0.0372. The fourth-order valence-electron chi connectivity index (χ4n) is 2.40. The standard InChI is InChI=1S/C14H19N3OS2/c1-10-3-4-11(9-16-10)12(18)17-7-5-14(20-2,6-8-17)13(15)19/h3-4,9H,5-8H2,1-2H3,(H2,15,19). The van der Waals surface area contributed by atoms with Gasteiger partial charge < -0.3 is 10.6 Å². The van der Waals surface area contributed by atoms with Gasteiger partial charge in [0.15, 0.2) is 0 Å². The van der Waals surface area contributed by atoms with Crippen LogP contribution in [0.2, 0.25) is 0 Å². The van der Waals surface area contributed by atoms with Crippen LogP contribution < -0.4 is 5.73 Å². The van der Waals surface area contributed by atoms with Crippen LogP contribution in [0.3, 0.4) is 0 Å². The third kappa shape index (κ3) is 2.96. The van der Waals surface area contributed by atoms with Gasteiger partial charge in [0.05, 0.1) is 15.3 Å². The lowest BCUT2D eigenvalue weighted by Gasteiger charge is -2.40. The Kier molecular flexibility index (Phi) is 4.65. The number of carbonyl (C=O) groups excluding carboxylic acids is 1. The van der Waals surface area contributed by atoms with Gasteiger partial charge in [-0.05, 0) is 38.2 Å². The Morgan fingerprint density at radius 1 is 1.45 bits per heavy atom. The number of carbonyl (C=O) groups is 1. The third-order valence-electron chi connectivity index (χ3n) is 3.86. The van der Waals surface area contributed by atoms with Crippen LogP contribution in [-0.2, 0) is 0 Å². The van der Waals surface area contributed by atoms with E-state index in [2.05, 4.69) is 4.98 Å². The van der Waals surface area contributed by atoms with Crippen LogP contribution >= 0.6 is 24.0 Å². The number of piperidine rings is 1. The molecule has 0 saturated carbocycles. The van der Waals surface area contributed by atoms with Gasteiger partial charge in [-0.1, -0.05) is 12.2 Å². The smallest absolute Gasteiger partial charge is 0.255 e. The average molecular weight is 309 g/mol. The van der Waals surface area contributed by atoms with Crippen molar-refractivity contribution in [1.82, 2.24) is 9.88 Å². The van der Waals surface area contributed by atoms with E-state index in [1.165, 1.54) is 0 Å². The van der Waals surface area contributed by atoms with Crippen molar-refractivity contribution in [3.63, 3.8) is 0 Å². The number of thiocarbonyl (C=S) groups is 1. The maximum atomic E-state index is 12.4. The van der Waals surface area contributed by atoms with Gasteiger partial charge in [-0.3, -0.25) is 9.78 Å². The monoisotopic (exact) mass is 309 g/mol.